The molecule has 0 radical (unpaired) electrons. The Morgan fingerprint density at radius 3 is 2.87 bits per heavy atom. The number of rotatable bonds is 6. The van der Waals surface area contributed by atoms with Gasteiger partial charge in [0, 0.05) is 5.56 Å². The molecule has 0 heterocycles. The molecule has 1 aromatic carbocycles. The number of hydrogen-bond acceptors (Lipinski definition) is 3. The van der Waals surface area contributed by atoms with Crippen LogP contribution < -0.4 is 16.0 Å². The van der Waals surface area contributed by atoms with Crippen molar-refractivity contribution >= 4 is 0 Å². The van der Waals surface area contributed by atoms with Gasteiger partial charge in [0.25, 0.3) is 0 Å². The second-order valence-corrected chi connectivity index (χ2v) is 3.21. The molecule has 1 rings (SSSR count). The molecule has 3 N–H and O–H groups in total. The molecule has 0 saturated carbocycles. The fourth-order valence-corrected chi connectivity index (χ4v) is 1.51. The van der Waals surface area contributed by atoms with Gasteiger partial charge in [0.1, 0.15) is 5.75 Å². The van der Waals surface area contributed by atoms with Gasteiger partial charge < -0.3 is 4.74 Å². The third kappa shape index (κ3) is 3.08. The minimum Gasteiger partial charge on any atom is -0.494 e. The van der Waals surface area contributed by atoms with E-state index in [2.05, 4.69) is 12.0 Å². The number of hydrazine groups is 1. The summed E-state index contributed by atoms with van der Waals surface area (Å²) in [7, 11) is 0. The summed E-state index contributed by atoms with van der Waals surface area (Å²) in [5.41, 5.74) is 3.84. The predicted octanol–water partition coefficient (Wildman–Crippen LogP) is 2.17. The zero-order valence-electron chi connectivity index (χ0n) is 9.07. The van der Waals surface area contributed by atoms with E-state index in [1.54, 1.807) is 0 Å². The van der Waals surface area contributed by atoms with Gasteiger partial charge in [-0.2, -0.15) is 0 Å². The Balaban J connectivity index is 2.93. The van der Waals surface area contributed by atoms with Crippen LogP contribution in [0.3, 0.4) is 0 Å². The molecule has 1 unspecified atom stereocenters. The normalized spacial score (nSPS) is 12.1. The quantitative estimate of drug-likeness (QED) is 0.426. The molecule has 15 heavy (non-hydrogen) atoms. The fourth-order valence-electron chi connectivity index (χ4n) is 1.51. The number of nitrogens with one attached hydrogen (secondary N) is 1. The summed E-state index contributed by atoms with van der Waals surface area (Å²) in [6.07, 6.45) is 2.62. The van der Waals surface area contributed by atoms with E-state index in [0.29, 0.717) is 6.61 Å². The van der Waals surface area contributed by atoms with Crippen molar-refractivity contribution in [3.8, 4) is 5.75 Å². The maximum Gasteiger partial charge on any atom is 0.124 e. The van der Waals surface area contributed by atoms with Crippen LogP contribution in [-0.2, 0) is 0 Å². The van der Waals surface area contributed by atoms with Crippen molar-refractivity contribution in [1.82, 2.24) is 5.43 Å². The molecule has 1 atom stereocenters. The molecular formula is C12H18N2O. The molecule has 0 aliphatic rings. The maximum absolute atomic E-state index is 5.54. The summed E-state index contributed by atoms with van der Waals surface area (Å²) < 4.78 is 5.54. The zero-order valence-corrected chi connectivity index (χ0v) is 9.07. The predicted molar refractivity (Wildman–Crippen MR) is 62.5 cm³/mol. The SMILES string of the molecule is C=CCC(NN)c1ccccc1OCC. The Kier molecular flexibility index (Phi) is 4.87. The molecule has 0 saturated heterocycles. The van der Waals surface area contributed by atoms with Crippen LogP contribution in [0.4, 0.5) is 0 Å². The van der Waals surface area contributed by atoms with Gasteiger partial charge in [0.2, 0.25) is 0 Å². The summed E-state index contributed by atoms with van der Waals surface area (Å²) in [6.45, 7) is 6.34. The number of nitrogens with two attached hydrogens (primary N) is 1. The zero-order chi connectivity index (χ0) is 11.1. The molecule has 3 heteroatoms. The van der Waals surface area contributed by atoms with E-state index in [1.807, 2.05) is 37.3 Å². The van der Waals surface area contributed by atoms with Crippen molar-refractivity contribution in [3.05, 3.63) is 42.5 Å². The van der Waals surface area contributed by atoms with E-state index in [-0.39, 0.29) is 6.04 Å². The van der Waals surface area contributed by atoms with Gasteiger partial charge in [-0.15, -0.1) is 6.58 Å². The molecular weight excluding hydrogens is 188 g/mol. The van der Waals surface area contributed by atoms with Gasteiger partial charge in [-0.25, -0.2) is 0 Å². The lowest BCUT2D eigenvalue weighted by Crippen LogP contribution is -2.28. The van der Waals surface area contributed by atoms with Crippen LogP contribution in [0, 0.1) is 0 Å². The molecule has 0 aromatic heterocycles. The Hall–Kier alpha value is -1.32. The highest BCUT2D eigenvalue weighted by Gasteiger charge is 2.12. The van der Waals surface area contributed by atoms with Crippen molar-refractivity contribution in [2.45, 2.75) is 19.4 Å². The summed E-state index contributed by atoms with van der Waals surface area (Å²) in [5, 5.41) is 0. The van der Waals surface area contributed by atoms with E-state index >= 15 is 0 Å². The second kappa shape index (κ2) is 6.22. The van der Waals surface area contributed by atoms with Gasteiger partial charge in [-0.1, -0.05) is 24.3 Å². The van der Waals surface area contributed by atoms with Gasteiger partial charge in [0.15, 0.2) is 0 Å². The molecule has 0 amide bonds. The molecule has 0 fully saturated rings. The van der Waals surface area contributed by atoms with E-state index in [4.69, 9.17) is 10.6 Å². The van der Waals surface area contributed by atoms with Gasteiger partial charge in [0.05, 0.1) is 12.6 Å². The number of benzene rings is 1. The average molecular weight is 206 g/mol. The van der Waals surface area contributed by atoms with Crippen molar-refractivity contribution in [2.75, 3.05) is 6.61 Å². The summed E-state index contributed by atoms with van der Waals surface area (Å²) in [4.78, 5) is 0. The Morgan fingerprint density at radius 1 is 1.53 bits per heavy atom. The van der Waals surface area contributed by atoms with Crippen LogP contribution in [0.1, 0.15) is 24.9 Å². The van der Waals surface area contributed by atoms with Crippen LogP contribution in [0.5, 0.6) is 5.75 Å². The molecule has 0 aliphatic heterocycles. The van der Waals surface area contributed by atoms with Crippen molar-refractivity contribution < 1.29 is 4.74 Å². The first-order chi connectivity index (χ1) is 7.33. The smallest absolute Gasteiger partial charge is 0.124 e. The molecule has 3 nitrogen and oxygen atoms in total. The van der Waals surface area contributed by atoms with Crippen molar-refractivity contribution in [3.63, 3.8) is 0 Å². The van der Waals surface area contributed by atoms with Crippen LogP contribution in [-0.4, -0.2) is 6.61 Å². The first-order valence-electron chi connectivity index (χ1n) is 5.12. The number of hydrogen-bond donors (Lipinski definition) is 2. The minimum atomic E-state index is 0.0604. The van der Waals surface area contributed by atoms with Gasteiger partial charge in [-0.05, 0) is 19.4 Å². The summed E-state index contributed by atoms with van der Waals surface area (Å²) >= 11 is 0. The number of para-hydroxylation sites is 1. The standard InChI is InChI=1S/C12H18N2O/c1-3-7-11(14-13)10-8-5-6-9-12(10)15-4-2/h3,5-6,8-9,11,14H,1,4,7,13H2,2H3. The highest BCUT2D eigenvalue weighted by atomic mass is 16.5. The van der Waals surface area contributed by atoms with Crippen molar-refractivity contribution in [2.24, 2.45) is 5.84 Å². The molecule has 0 bridgehead atoms. The van der Waals surface area contributed by atoms with E-state index in [0.717, 1.165) is 17.7 Å². The molecule has 0 spiro atoms. The highest BCUT2D eigenvalue weighted by molar-refractivity contribution is 5.36. The van der Waals surface area contributed by atoms with Crippen LogP contribution in [0.2, 0.25) is 0 Å². The topological polar surface area (TPSA) is 47.3 Å². The van der Waals surface area contributed by atoms with E-state index in [1.165, 1.54) is 0 Å². The monoisotopic (exact) mass is 206 g/mol. The average Bonchev–Trinajstić information content (AvgIpc) is 2.27. The molecule has 82 valence electrons. The summed E-state index contributed by atoms with van der Waals surface area (Å²) in [6, 6.07) is 7.96. The molecule has 1 aromatic rings. The minimum absolute atomic E-state index is 0.0604. The van der Waals surface area contributed by atoms with Crippen LogP contribution >= 0.6 is 0 Å². The third-order valence-corrected chi connectivity index (χ3v) is 2.20. The Morgan fingerprint density at radius 2 is 2.27 bits per heavy atom. The first kappa shape index (κ1) is 11.8. The lowest BCUT2D eigenvalue weighted by Gasteiger charge is -2.18. The number of ether oxygens (including phenoxy) is 1. The Labute approximate surface area is 90.9 Å². The highest BCUT2D eigenvalue weighted by Crippen LogP contribution is 2.26. The first-order valence-corrected chi connectivity index (χ1v) is 5.12. The lowest BCUT2D eigenvalue weighted by atomic mass is 10.0. The third-order valence-electron chi connectivity index (χ3n) is 2.20. The van der Waals surface area contributed by atoms with Crippen LogP contribution in [0.15, 0.2) is 36.9 Å². The maximum atomic E-state index is 5.54. The second-order valence-electron chi connectivity index (χ2n) is 3.21. The van der Waals surface area contributed by atoms with Crippen molar-refractivity contribution in [1.29, 1.82) is 0 Å². The largest absolute Gasteiger partial charge is 0.494 e. The van der Waals surface area contributed by atoms with E-state index < -0.39 is 0 Å². The Bertz CT molecular complexity index is 312. The lowest BCUT2D eigenvalue weighted by molar-refractivity contribution is 0.331. The fraction of sp³-hybridized carbons (Fsp3) is 0.333. The summed E-state index contributed by atoms with van der Waals surface area (Å²) in [5.74, 6) is 6.38. The van der Waals surface area contributed by atoms with Gasteiger partial charge >= 0.3 is 0 Å². The van der Waals surface area contributed by atoms with E-state index in [9.17, 15) is 0 Å². The molecule has 0 aliphatic carbocycles. The van der Waals surface area contributed by atoms with Crippen LogP contribution in [0.25, 0.3) is 0 Å². The van der Waals surface area contributed by atoms with Gasteiger partial charge in [-0.3, -0.25) is 11.3 Å².